The molecule has 0 aliphatic carbocycles. The van der Waals surface area contributed by atoms with Crippen molar-refractivity contribution in [3.8, 4) is 0 Å². The molecule has 2 rings (SSSR count). The van der Waals surface area contributed by atoms with Gasteiger partial charge in [0.05, 0.1) is 8.68 Å². The third-order valence-electron chi connectivity index (χ3n) is 2.61. The third kappa shape index (κ3) is 3.48. The molecular weight excluding hydrogens is 433 g/mol. The summed E-state index contributed by atoms with van der Waals surface area (Å²) in [5.41, 5.74) is 0.895. The number of nitrogens with zero attached hydrogens (tertiary/aromatic N) is 1. The number of hydrogen-bond acceptors (Lipinski definition) is 3. The quantitative estimate of drug-likeness (QED) is 0.710. The molecule has 0 unspecified atom stereocenters. The molecule has 8 heteroatoms. The molecule has 0 aliphatic rings. The van der Waals surface area contributed by atoms with E-state index in [0.717, 1.165) is 21.5 Å². The first kappa shape index (κ1) is 16.1. The number of thiophene rings is 1. The van der Waals surface area contributed by atoms with E-state index < -0.39 is 15.8 Å². The van der Waals surface area contributed by atoms with Gasteiger partial charge in [-0.15, -0.1) is 11.3 Å². The minimum Gasteiger partial charge on any atom is -0.207 e. The van der Waals surface area contributed by atoms with Gasteiger partial charge in [-0.25, -0.2) is 12.8 Å². The van der Waals surface area contributed by atoms with Gasteiger partial charge in [0.2, 0.25) is 10.0 Å². The number of halogens is 3. The maximum atomic E-state index is 13.0. The molecule has 0 aliphatic heterocycles. The molecule has 0 amide bonds. The fourth-order valence-corrected chi connectivity index (χ4v) is 4.99. The maximum Gasteiger partial charge on any atom is 0.244 e. The van der Waals surface area contributed by atoms with E-state index in [9.17, 15) is 12.8 Å². The van der Waals surface area contributed by atoms with Gasteiger partial charge in [-0.2, -0.15) is 4.31 Å². The molecule has 3 nitrogen and oxygen atoms in total. The molecule has 0 bridgehead atoms. The molecule has 0 spiro atoms. The summed E-state index contributed by atoms with van der Waals surface area (Å²) in [7, 11) is -2.17. The number of rotatable bonds is 4. The van der Waals surface area contributed by atoms with Crippen molar-refractivity contribution < 1.29 is 12.8 Å². The van der Waals surface area contributed by atoms with Crippen molar-refractivity contribution in [1.82, 2.24) is 4.31 Å². The Kier molecular flexibility index (Phi) is 5.01. The molecule has 2 aromatic rings. The molecule has 1 aromatic carbocycles. The van der Waals surface area contributed by atoms with E-state index in [0.29, 0.717) is 0 Å². The Labute approximate surface area is 137 Å². The first-order chi connectivity index (χ1) is 9.30. The van der Waals surface area contributed by atoms with Gasteiger partial charge in [-0.1, -0.05) is 0 Å². The molecule has 0 fully saturated rings. The van der Waals surface area contributed by atoms with Gasteiger partial charge in [-0.3, -0.25) is 0 Å². The van der Waals surface area contributed by atoms with Crippen molar-refractivity contribution >= 4 is 53.2 Å². The van der Waals surface area contributed by atoms with Crippen molar-refractivity contribution in [2.24, 2.45) is 0 Å². The highest BCUT2D eigenvalue weighted by molar-refractivity contribution is 9.11. The van der Waals surface area contributed by atoms with Crippen LogP contribution in [0.15, 0.2) is 42.8 Å². The topological polar surface area (TPSA) is 37.4 Å². The Hall–Kier alpha value is -0.280. The molecular formula is C12H10Br2FNO2S2. The molecule has 0 saturated carbocycles. The highest BCUT2D eigenvalue weighted by Gasteiger charge is 2.24. The van der Waals surface area contributed by atoms with Gasteiger partial charge in [-0.05, 0) is 67.1 Å². The van der Waals surface area contributed by atoms with Crippen LogP contribution in [0.5, 0.6) is 0 Å². The smallest absolute Gasteiger partial charge is 0.207 e. The van der Waals surface area contributed by atoms with Gasteiger partial charge >= 0.3 is 0 Å². The SMILES string of the molecule is CN(Cc1csc(Br)c1)S(=O)(=O)c1ccc(F)cc1Br. The first-order valence-electron chi connectivity index (χ1n) is 5.45. The van der Waals surface area contributed by atoms with Crippen LogP contribution in [0, 0.1) is 5.82 Å². The minimum atomic E-state index is -3.67. The third-order valence-corrected chi connectivity index (χ3v) is 6.94. The average Bonchev–Trinajstić information content (AvgIpc) is 2.74. The summed E-state index contributed by atoms with van der Waals surface area (Å²) < 4.78 is 40.3. The molecule has 0 radical (unpaired) electrons. The van der Waals surface area contributed by atoms with Gasteiger partial charge in [0, 0.05) is 18.1 Å². The van der Waals surface area contributed by atoms with Crippen LogP contribution < -0.4 is 0 Å². The van der Waals surface area contributed by atoms with Crippen molar-refractivity contribution in [2.75, 3.05) is 7.05 Å². The number of hydrogen-bond donors (Lipinski definition) is 0. The van der Waals surface area contributed by atoms with Crippen molar-refractivity contribution in [2.45, 2.75) is 11.4 Å². The minimum absolute atomic E-state index is 0.0516. The van der Waals surface area contributed by atoms with Crippen LogP contribution >= 0.6 is 43.2 Å². The van der Waals surface area contributed by atoms with E-state index in [4.69, 9.17) is 0 Å². The summed E-state index contributed by atoms with van der Waals surface area (Å²) in [6.45, 7) is 0.258. The molecule has 0 N–H and O–H groups in total. The van der Waals surface area contributed by atoms with E-state index >= 15 is 0 Å². The zero-order chi connectivity index (χ0) is 14.9. The van der Waals surface area contributed by atoms with Crippen LogP contribution in [0.4, 0.5) is 4.39 Å². The van der Waals surface area contributed by atoms with Crippen LogP contribution in [0.1, 0.15) is 5.56 Å². The van der Waals surface area contributed by atoms with Crippen LogP contribution in [0.25, 0.3) is 0 Å². The highest BCUT2D eigenvalue weighted by atomic mass is 79.9. The van der Waals surface area contributed by atoms with Crippen molar-refractivity contribution in [1.29, 1.82) is 0 Å². The summed E-state index contributed by atoms with van der Waals surface area (Å²) in [5, 5.41) is 1.88. The lowest BCUT2D eigenvalue weighted by atomic mass is 10.3. The summed E-state index contributed by atoms with van der Waals surface area (Å²) >= 11 is 7.92. The second-order valence-electron chi connectivity index (χ2n) is 4.09. The van der Waals surface area contributed by atoms with Crippen LogP contribution in [0.2, 0.25) is 0 Å². The van der Waals surface area contributed by atoms with Crippen molar-refractivity contribution in [3.05, 3.63) is 49.3 Å². The Morgan fingerprint density at radius 2 is 2.00 bits per heavy atom. The largest absolute Gasteiger partial charge is 0.244 e. The van der Waals surface area contributed by atoms with E-state index in [1.165, 1.54) is 28.8 Å². The Morgan fingerprint density at radius 3 is 2.55 bits per heavy atom. The predicted molar refractivity (Wildman–Crippen MR) is 84.8 cm³/mol. The molecule has 108 valence electrons. The van der Waals surface area contributed by atoms with Gasteiger partial charge in [0.1, 0.15) is 5.82 Å². The lowest BCUT2D eigenvalue weighted by Gasteiger charge is -2.17. The molecule has 1 aromatic heterocycles. The van der Waals surface area contributed by atoms with Crippen molar-refractivity contribution in [3.63, 3.8) is 0 Å². The molecule has 0 atom stereocenters. The summed E-state index contributed by atoms with van der Waals surface area (Å²) in [6.07, 6.45) is 0. The number of sulfonamides is 1. The Bertz CT molecular complexity index is 731. The average molecular weight is 443 g/mol. The molecule has 20 heavy (non-hydrogen) atoms. The standard InChI is InChI=1S/C12H10Br2FNO2S2/c1-16(6-8-4-12(14)19-7-8)20(17,18)11-3-2-9(15)5-10(11)13/h2-5,7H,6H2,1H3. The monoisotopic (exact) mass is 441 g/mol. The van der Waals surface area contributed by atoms with E-state index in [2.05, 4.69) is 31.9 Å². The molecule has 1 heterocycles. The molecule has 0 saturated heterocycles. The summed E-state index contributed by atoms with van der Waals surface area (Å²) in [4.78, 5) is 0.0516. The van der Waals surface area contributed by atoms with E-state index in [1.807, 2.05) is 11.4 Å². The second kappa shape index (κ2) is 6.23. The summed E-state index contributed by atoms with van der Waals surface area (Å²) in [6, 6.07) is 5.40. The normalized spacial score (nSPS) is 12.1. The van der Waals surface area contributed by atoms with Crippen LogP contribution in [-0.2, 0) is 16.6 Å². The lowest BCUT2D eigenvalue weighted by Crippen LogP contribution is -2.26. The maximum absolute atomic E-state index is 13.0. The lowest BCUT2D eigenvalue weighted by molar-refractivity contribution is 0.466. The zero-order valence-corrected chi connectivity index (χ0v) is 15.1. The first-order valence-corrected chi connectivity index (χ1v) is 9.35. The van der Waals surface area contributed by atoms with E-state index in [-0.39, 0.29) is 15.9 Å². The Morgan fingerprint density at radius 1 is 1.30 bits per heavy atom. The van der Waals surface area contributed by atoms with E-state index in [1.54, 1.807) is 0 Å². The van der Waals surface area contributed by atoms with Gasteiger partial charge in [0.25, 0.3) is 0 Å². The van der Waals surface area contributed by atoms with Gasteiger partial charge < -0.3 is 0 Å². The number of benzene rings is 1. The highest BCUT2D eigenvalue weighted by Crippen LogP contribution is 2.27. The Balaban J connectivity index is 2.29. The zero-order valence-electron chi connectivity index (χ0n) is 10.3. The van der Waals surface area contributed by atoms with Gasteiger partial charge in [0.15, 0.2) is 0 Å². The fraction of sp³-hybridized carbons (Fsp3) is 0.167. The van der Waals surface area contributed by atoms with Crippen LogP contribution in [0.3, 0.4) is 0 Å². The van der Waals surface area contributed by atoms with Crippen LogP contribution in [-0.4, -0.2) is 19.8 Å². The second-order valence-corrected chi connectivity index (χ2v) is 9.25. The summed E-state index contributed by atoms with van der Waals surface area (Å²) in [5.74, 6) is -0.486. The predicted octanol–water partition coefficient (Wildman–Crippen LogP) is 4.23. The fourth-order valence-electron chi connectivity index (χ4n) is 1.62.